The number of aromatic nitrogens is 1. The van der Waals surface area contributed by atoms with E-state index in [1.807, 2.05) is 51.1 Å². The van der Waals surface area contributed by atoms with Crippen molar-refractivity contribution in [2.45, 2.75) is 39.0 Å². The Morgan fingerprint density at radius 3 is 2.71 bits per heavy atom. The number of nitrogens with zero attached hydrogens (tertiary/aromatic N) is 2. The number of nitrogens with one attached hydrogen (secondary N) is 1. The van der Waals surface area contributed by atoms with Crippen molar-refractivity contribution in [3.05, 3.63) is 82.7 Å². The van der Waals surface area contributed by atoms with Crippen molar-refractivity contribution >= 4 is 5.91 Å². The molecule has 0 saturated carbocycles. The van der Waals surface area contributed by atoms with Crippen molar-refractivity contribution in [2.24, 2.45) is 0 Å². The van der Waals surface area contributed by atoms with E-state index in [2.05, 4.69) is 16.4 Å². The summed E-state index contributed by atoms with van der Waals surface area (Å²) in [5.41, 5.74) is 5.04. The van der Waals surface area contributed by atoms with Gasteiger partial charge in [0.15, 0.2) is 0 Å². The molecule has 1 fully saturated rings. The van der Waals surface area contributed by atoms with Gasteiger partial charge >= 0.3 is 0 Å². The summed E-state index contributed by atoms with van der Waals surface area (Å²) >= 11 is 0. The van der Waals surface area contributed by atoms with Crippen LogP contribution in [0, 0.1) is 25.2 Å². The molecule has 1 amide bonds. The van der Waals surface area contributed by atoms with Crippen LogP contribution in [0.25, 0.3) is 11.1 Å². The van der Waals surface area contributed by atoms with Crippen LogP contribution in [0.3, 0.4) is 0 Å². The van der Waals surface area contributed by atoms with Gasteiger partial charge < -0.3 is 19.9 Å². The summed E-state index contributed by atoms with van der Waals surface area (Å²) < 4.78 is 11.3. The molecule has 34 heavy (non-hydrogen) atoms. The predicted molar refractivity (Wildman–Crippen MR) is 127 cm³/mol. The molecule has 174 valence electrons. The van der Waals surface area contributed by atoms with E-state index >= 15 is 0 Å². The summed E-state index contributed by atoms with van der Waals surface area (Å²) in [6.45, 7) is 6.19. The number of nitriles is 1. The number of rotatable bonds is 6. The first-order chi connectivity index (χ1) is 16.3. The molecule has 1 saturated heterocycles. The summed E-state index contributed by atoms with van der Waals surface area (Å²) in [5.74, 6) is 0.139. The van der Waals surface area contributed by atoms with E-state index < -0.39 is 12.2 Å². The smallest absolute Gasteiger partial charge is 0.251 e. The van der Waals surface area contributed by atoms with E-state index in [0.717, 1.165) is 16.8 Å². The van der Waals surface area contributed by atoms with Crippen molar-refractivity contribution < 1.29 is 19.4 Å². The highest BCUT2D eigenvalue weighted by atomic mass is 16.6. The SMILES string of the molecule is Cc1ccc(-c2cc(OC3COCC3O)cc(C(=O)N[C@H](C)c3ccc(C)nc3)c2)c(C#N)c1. The lowest BCUT2D eigenvalue weighted by Gasteiger charge is -2.19. The number of aliphatic hydroxyl groups is 1. The molecule has 0 aliphatic carbocycles. The van der Waals surface area contributed by atoms with Crippen LogP contribution >= 0.6 is 0 Å². The van der Waals surface area contributed by atoms with Gasteiger partial charge in [-0.1, -0.05) is 18.2 Å². The normalized spacial score (nSPS) is 18.2. The highest BCUT2D eigenvalue weighted by Gasteiger charge is 2.28. The van der Waals surface area contributed by atoms with Gasteiger partial charge in [-0.15, -0.1) is 0 Å². The third-order valence-electron chi connectivity index (χ3n) is 5.84. The van der Waals surface area contributed by atoms with Gasteiger partial charge in [0.2, 0.25) is 0 Å². The molecule has 1 aromatic heterocycles. The number of carbonyl (C=O) groups is 1. The third kappa shape index (κ3) is 5.25. The fourth-order valence-electron chi connectivity index (χ4n) is 3.87. The summed E-state index contributed by atoms with van der Waals surface area (Å²) in [7, 11) is 0. The first-order valence-electron chi connectivity index (χ1n) is 11.2. The maximum absolute atomic E-state index is 13.2. The zero-order valence-electron chi connectivity index (χ0n) is 19.4. The number of aliphatic hydroxyl groups excluding tert-OH is 1. The molecule has 3 atom stereocenters. The van der Waals surface area contributed by atoms with E-state index in [4.69, 9.17) is 9.47 Å². The third-order valence-corrected chi connectivity index (χ3v) is 5.84. The number of hydrogen-bond acceptors (Lipinski definition) is 6. The number of ether oxygens (including phenoxy) is 2. The van der Waals surface area contributed by atoms with Gasteiger partial charge in [0.1, 0.15) is 18.0 Å². The molecular formula is C27H27N3O4. The highest BCUT2D eigenvalue weighted by Crippen LogP contribution is 2.31. The Balaban J connectivity index is 1.68. The molecule has 2 unspecified atom stereocenters. The van der Waals surface area contributed by atoms with Gasteiger partial charge in [0.05, 0.1) is 30.9 Å². The number of aryl methyl sites for hydroxylation is 2. The molecule has 7 heteroatoms. The van der Waals surface area contributed by atoms with Crippen molar-refractivity contribution in [3.63, 3.8) is 0 Å². The number of benzene rings is 2. The zero-order valence-corrected chi connectivity index (χ0v) is 19.4. The first kappa shape index (κ1) is 23.4. The average Bonchev–Trinajstić information content (AvgIpc) is 3.23. The Bertz CT molecular complexity index is 1230. The molecular weight excluding hydrogens is 430 g/mol. The minimum atomic E-state index is -0.746. The van der Waals surface area contributed by atoms with Crippen LogP contribution in [0.1, 0.15) is 45.7 Å². The monoisotopic (exact) mass is 457 g/mol. The quantitative estimate of drug-likeness (QED) is 0.582. The Hall–Kier alpha value is -3.73. The maximum atomic E-state index is 13.2. The minimum absolute atomic E-state index is 0.205. The molecule has 0 bridgehead atoms. The Morgan fingerprint density at radius 2 is 2.03 bits per heavy atom. The number of hydrogen-bond donors (Lipinski definition) is 2. The second-order valence-electron chi connectivity index (χ2n) is 8.60. The van der Waals surface area contributed by atoms with Crippen LogP contribution in [-0.4, -0.2) is 41.4 Å². The van der Waals surface area contributed by atoms with Gasteiger partial charge in [0.25, 0.3) is 5.91 Å². The zero-order chi connectivity index (χ0) is 24.2. The fourth-order valence-corrected chi connectivity index (χ4v) is 3.87. The van der Waals surface area contributed by atoms with Gasteiger partial charge in [-0.25, -0.2) is 0 Å². The fraction of sp³-hybridized carbons (Fsp3) is 0.296. The highest BCUT2D eigenvalue weighted by molar-refractivity contribution is 5.96. The molecule has 0 spiro atoms. The van der Waals surface area contributed by atoms with E-state index in [0.29, 0.717) is 28.0 Å². The molecule has 4 rings (SSSR count). The van der Waals surface area contributed by atoms with Crippen LogP contribution in [-0.2, 0) is 4.74 Å². The number of pyridine rings is 1. The van der Waals surface area contributed by atoms with E-state index in [1.165, 1.54) is 0 Å². The lowest BCUT2D eigenvalue weighted by Crippen LogP contribution is -2.30. The van der Waals surface area contributed by atoms with E-state index in [9.17, 15) is 15.2 Å². The van der Waals surface area contributed by atoms with Crippen LogP contribution < -0.4 is 10.1 Å². The standard InChI is InChI=1S/C27H27N3O4/c1-16-4-7-24(22(8-16)12-28)20-9-21(11-23(10-20)34-26-15-33-14-25(26)31)27(32)30-18(3)19-6-5-17(2)29-13-19/h4-11,13,18,25-26,31H,14-15H2,1-3H3,(H,30,32)/t18-,25?,26?/m1/s1. The van der Waals surface area contributed by atoms with Gasteiger partial charge in [-0.3, -0.25) is 9.78 Å². The molecule has 2 heterocycles. The maximum Gasteiger partial charge on any atom is 0.251 e. The summed E-state index contributed by atoms with van der Waals surface area (Å²) in [6.07, 6.45) is 0.472. The minimum Gasteiger partial charge on any atom is -0.485 e. The number of carbonyl (C=O) groups excluding carboxylic acids is 1. The Kier molecular flexibility index (Phi) is 6.92. The van der Waals surface area contributed by atoms with E-state index in [1.54, 1.807) is 24.4 Å². The van der Waals surface area contributed by atoms with Crippen molar-refractivity contribution in [1.29, 1.82) is 5.26 Å². The van der Waals surface area contributed by atoms with Crippen LogP contribution in [0.2, 0.25) is 0 Å². The van der Waals surface area contributed by atoms with Gasteiger partial charge in [-0.05, 0) is 73.4 Å². The largest absolute Gasteiger partial charge is 0.485 e. The van der Waals surface area contributed by atoms with Crippen LogP contribution in [0.15, 0.2) is 54.7 Å². The van der Waals surface area contributed by atoms with Crippen molar-refractivity contribution in [3.8, 4) is 22.9 Å². The van der Waals surface area contributed by atoms with E-state index in [-0.39, 0.29) is 25.2 Å². The van der Waals surface area contributed by atoms with Gasteiger partial charge in [0, 0.05) is 17.5 Å². The second-order valence-corrected chi connectivity index (χ2v) is 8.60. The lowest BCUT2D eigenvalue weighted by atomic mass is 9.96. The predicted octanol–water partition coefficient (Wildman–Crippen LogP) is 3.87. The Labute approximate surface area is 199 Å². The molecule has 7 nitrogen and oxygen atoms in total. The van der Waals surface area contributed by atoms with Gasteiger partial charge in [-0.2, -0.15) is 5.26 Å². The lowest BCUT2D eigenvalue weighted by molar-refractivity contribution is 0.0732. The van der Waals surface area contributed by atoms with Crippen molar-refractivity contribution in [2.75, 3.05) is 13.2 Å². The molecule has 3 aromatic rings. The molecule has 1 aliphatic rings. The number of amides is 1. The topological polar surface area (TPSA) is 104 Å². The van der Waals surface area contributed by atoms with Crippen LogP contribution in [0.4, 0.5) is 0 Å². The summed E-state index contributed by atoms with van der Waals surface area (Å²) in [5, 5.41) is 22.8. The summed E-state index contributed by atoms with van der Waals surface area (Å²) in [4.78, 5) is 17.5. The molecule has 2 N–H and O–H groups in total. The average molecular weight is 458 g/mol. The molecule has 2 aromatic carbocycles. The Morgan fingerprint density at radius 1 is 1.21 bits per heavy atom. The summed E-state index contributed by atoms with van der Waals surface area (Å²) in [6, 6.07) is 16.6. The molecule has 1 aliphatic heterocycles. The second kappa shape index (κ2) is 10.0. The molecule has 0 radical (unpaired) electrons. The first-order valence-corrected chi connectivity index (χ1v) is 11.2. The van der Waals surface area contributed by atoms with Crippen LogP contribution in [0.5, 0.6) is 5.75 Å². The van der Waals surface area contributed by atoms with Crippen molar-refractivity contribution in [1.82, 2.24) is 10.3 Å².